The number of aryl methyl sites for hydroxylation is 2. The van der Waals surface area contributed by atoms with Crippen LogP contribution in [0.5, 0.6) is 5.75 Å². The highest BCUT2D eigenvalue weighted by atomic mass is 16.5. The minimum Gasteiger partial charge on any atom is -0.487 e. The van der Waals surface area contributed by atoms with Crippen LogP contribution in [-0.2, 0) is 6.54 Å². The van der Waals surface area contributed by atoms with Gasteiger partial charge >= 0.3 is 0 Å². The van der Waals surface area contributed by atoms with Gasteiger partial charge in [0.15, 0.2) is 0 Å². The number of nitrogens with zero attached hydrogens (tertiary/aromatic N) is 2. The fourth-order valence-electron chi connectivity index (χ4n) is 1.99. The number of nitrogens with one attached hydrogen (secondary N) is 1. The Morgan fingerprint density at radius 2 is 2.14 bits per heavy atom. The minimum absolute atomic E-state index is 0.191. The van der Waals surface area contributed by atoms with Gasteiger partial charge in [0.05, 0.1) is 16.9 Å². The standard InChI is InChI=1S/C17H21N3O2/c1-5-20-10-14(13(4)19-20)17(21)18-15-8-6-7-9-16(15)22-11-12(2)3/h6-10H,2,5,11H2,1,3-4H3,(H,18,21). The first-order valence-electron chi connectivity index (χ1n) is 7.23. The first-order valence-corrected chi connectivity index (χ1v) is 7.23. The van der Waals surface area contributed by atoms with Crippen LogP contribution in [0.1, 0.15) is 29.9 Å². The summed E-state index contributed by atoms with van der Waals surface area (Å²) in [7, 11) is 0. The van der Waals surface area contributed by atoms with Crippen LogP contribution in [0.2, 0.25) is 0 Å². The predicted molar refractivity (Wildman–Crippen MR) is 87.3 cm³/mol. The molecule has 2 aromatic rings. The Hall–Kier alpha value is -2.56. The topological polar surface area (TPSA) is 56.1 Å². The van der Waals surface area contributed by atoms with Crippen LogP contribution in [0, 0.1) is 6.92 Å². The van der Waals surface area contributed by atoms with E-state index in [2.05, 4.69) is 17.0 Å². The molecule has 0 atom stereocenters. The summed E-state index contributed by atoms with van der Waals surface area (Å²) in [4.78, 5) is 12.4. The highest BCUT2D eigenvalue weighted by Crippen LogP contribution is 2.25. The Bertz CT molecular complexity index is 689. The van der Waals surface area contributed by atoms with E-state index in [-0.39, 0.29) is 5.91 Å². The van der Waals surface area contributed by atoms with Gasteiger partial charge in [-0.3, -0.25) is 9.48 Å². The first-order chi connectivity index (χ1) is 10.5. The fourth-order valence-corrected chi connectivity index (χ4v) is 1.99. The SMILES string of the molecule is C=C(C)COc1ccccc1NC(=O)c1cn(CC)nc1C. The zero-order valence-electron chi connectivity index (χ0n) is 13.2. The molecule has 1 aromatic carbocycles. The summed E-state index contributed by atoms with van der Waals surface area (Å²) in [6, 6.07) is 7.35. The summed E-state index contributed by atoms with van der Waals surface area (Å²) in [5, 5.41) is 7.17. The molecule has 0 saturated heterocycles. The molecule has 0 bridgehead atoms. The normalized spacial score (nSPS) is 10.3. The van der Waals surface area contributed by atoms with Crippen molar-refractivity contribution in [3.63, 3.8) is 0 Å². The van der Waals surface area contributed by atoms with E-state index in [9.17, 15) is 4.79 Å². The number of carbonyl (C=O) groups is 1. The summed E-state index contributed by atoms with van der Waals surface area (Å²) in [5.74, 6) is 0.433. The number of para-hydroxylation sites is 2. The molecule has 5 nitrogen and oxygen atoms in total. The molecule has 2 rings (SSSR count). The van der Waals surface area contributed by atoms with Crippen LogP contribution in [0.25, 0.3) is 0 Å². The number of aromatic nitrogens is 2. The molecule has 0 spiro atoms. The molecular formula is C17H21N3O2. The number of hydrogen-bond donors (Lipinski definition) is 1. The van der Waals surface area contributed by atoms with E-state index in [1.165, 1.54) is 0 Å². The van der Waals surface area contributed by atoms with E-state index in [4.69, 9.17) is 4.74 Å². The molecule has 0 unspecified atom stereocenters. The van der Waals surface area contributed by atoms with E-state index >= 15 is 0 Å². The summed E-state index contributed by atoms with van der Waals surface area (Å²) < 4.78 is 7.40. The fraction of sp³-hybridized carbons (Fsp3) is 0.294. The second-order valence-electron chi connectivity index (χ2n) is 5.18. The van der Waals surface area contributed by atoms with Gasteiger partial charge in [-0.2, -0.15) is 5.10 Å². The van der Waals surface area contributed by atoms with Gasteiger partial charge in [-0.25, -0.2) is 0 Å². The Morgan fingerprint density at radius 3 is 2.77 bits per heavy atom. The molecule has 1 amide bonds. The Kier molecular flexibility index (Phi) is 4.99. The van der Waals surface area contributed by atoms with Gasteiger partial charge in [0.1, 0.15) is 12.4 Å². The minimum atomic E-state index is -0.191. The number of anilines is 1. The van der Waals surface area contributed by atoms with Crippen molar-refractivity contribution in [1.82, 2.24) is 9.78 Å². The maximum Gasteiger partial charge on any atom is 0.259 e. The Labute approximate surface area is 130 Å². The number of rotatable bonds is 6. The van der Waals surface area contributed by atoms with Crippen molar-refractivity contribution in [2.24, 2.45) is 0 Å². The van der Waals surface area contributed by atoms with Crippen molar-refractivity contribution in [1.29, 1.82) is 0 Å². The summed E-state index contributed by atoms with van der Waals surface area (Å²) in [6.45, 7) is 10.7. The summed E-state index contributed by atoms with van der Waals surface area (Å²) in [6.07, 6.45) is 1.75. The molecule has 0 radical (unpaired) electrons. The molecule has 1 N–H and O–H groups in total. The largest absolute Gasteiger partial charge is 0.487 e. The molecule has 5 heteroatoms. The average Bonchev–Trinajstić information content (AvgIpc) is 2.87. The molecule has 1 heterocycles. The van der Waals surface area contributed by atoms with Gasteiger partial charge in [-0.1, -0.05) is 18.7 Å². The first kappa shape index (κ1) is 15.8. The molecule has 22 heavy (non-hydrogen) atoms. The lowest BCUT2D eigenvalue weighted by Gasteiger charge is -2.12. The smallest absolute Gasteiger partial charge is 0.259 e. The maximum atomic E-state index is 12.4. The van der Waals surface area contributed by atoms with E-state index in [1.54, 1.807) is 10.9 Å². The quantitative estimate of drug-likeness (QED) is 0.832. The highest BCUT2D eigenvalue weighted by Gasteiger charge is 2.15. The number of carbonyl (C=O) groups excluding carboxylic acids is 1. The maximum absolute atomic E-state index is 12.4. The van der Waals surface area contributed by atoms with E-state index in [0.717, 1.165) is 12.1 Å². The lowest BCUT2D eigenvalue weighted by atomic mass is 10.2. The lowest BCUT2D eigenvalue weighted by molar-refractivity contribution is 0.102. The zero-order valence-corrected chi connectivity index (χ0v) is 13.2. The summed E-state index contributed by atoms with van der Waals surface area (Å²) in [5.41, 5.74) is 2.83. The van der Waals surface area contributed by atoms with Crippen LogP contribution in [0.4, 0.5) is 5.69 Å². The van der Waals surface area contributed by atoms with Crippen molar-refractivity contribution in [3.05, 3.63) is 53.9 Å². The molecule has 116 valence electrons. The third kappa shape index (κ3) is 3.75. The van der Waals surface area contributed by atoms with Crippen molar-refractivity contribution < 1.29 is 9.53 Å². The van der Waals surface area contributed by atoms with E-state index < -0.39 is 0 Å². The molecular weight excluding hydrogens is 278 g/mol. The predicted octanol–water partition coefficient (Wildman–Crippen LogP) is 3.42. The second-order valence-corrected chi connectivity index (χ2v) is 5.18. The van der Waals surface area contributed by atoms with Gasteiger partial charge < -0.3 is 10.1 Å². The van der Waals surface area contributed by atoms with E-state index in [0.29, 0.717) is 29.3 Å². The summed E-state index contributed by atoms with van der Waals surface area (Å²) >= 11 is 0. The number of hydrogen-bond acceptors (Lipinski definition) is 3. The van der Waals surface area contributed by atoms with Gasteiger partial charge in [0, 0.05) is 12.7 Å². The third-order valence-electron chi connectivity index (χ3n) is 3.12. The van der Waals surface area contributed by atoms with Crippen molar-refractivity contribution in [2.75, 3.05) is 11.9 Å². The van der Waals surface area contributed by atoms with Crippen molar-refractivity contribution in [2.45, 2.75) is 27.3 Å². The molecule has 0 aliphatic carbocycles. The zero-order chi connectivity index (χ0) is 16.1. The number of ether oxygens (including phenoxy) is 1. The van der Waals surface area contributed by atoms with Crippen LogP contribution in [0.3, 0.4) is 0 Å². The highest BCUT2D eigenvalue weighted by molar-refractivity contribution is 6.05. The Balaban J connectivity index is 2.17. The average molecular weight is 299 g/mol. The Morgan fingerprint density at radius 1 is 1.41 bits per heavy atom. The third-order valence-corrected chi connectivity index (χ3v) is 3.12. The van der Waals surface area contributed by atoms with E-state index in [1.807, 2.05) is 45.0 Å². The van der Waals surface area contributed by atoms with Gasteiger partial charge in [0.2, 0.25) is 0 Å². The molecule has 1 aromatic heterocycles. The lowest BCUT2D eigenvalue weighted by Crippen LogP contribution is -2.13. The molecule has 0 saturated carbocycles. The van der Waals surface area contributed by atoms with Crippen LogP contribution < -0.4 is 10.1 Å². The molecule has 0 fully saturated rings. The van der Waals surface area contributed by atoms with Gasteiger partial charge in [-0.15, -0.1) is 0 Å². The van der Waals surface area contributed by atoms with Crippen LogP contribution >= 0.6 is 0 Å². The van der Waals surface area contributed by atoms with Crippen LogP contribution in [-0.4, -0.2) is 22.3 Å². The van der Waals surface area contributed by atoms with Crippen molar-refractivity contribution >= 4 is 11.6 Å². The molecule has 0 aliphatic heterocycles. The second kappa shape index (κ2) is 6.93. The molecule has 0 aliphatic rings. The number of benzene rings is 1. The monoisotopic (exact) mass is 299 g/mol. The van der Waals surface area contributed by atoms with Crippen molar-refractivity contribution in [3.8, 4) is 5.75 Å². The van der Waals surface area contributed by atoms with Crippen LogP contribution in [0.15, 0.2) is 42.6 Å². The van der Waals surface area contributed by atoms with Gasteiger partial charge in [-0.05, 0) is 38.5 Å². The number of amides is 1. The van der Waals surface area contributed by atoms with Gasteiger partial charge in [0.25, 0.3) is 5.91 Å².